The van der Waals surface area contributed by atoms with Crippen LogP contribution >= 0.6 is 11.6 Å². The van der Waals surface area contributed by atoms with E-state index in [0.717, 1.165) is 25.7 Å². The first-order valence-corrected chi connectivity index (χ1v) is 8.05. The summed E-state index contributed by atoms with van der Waals surface area (Å²) in [5, 5.41) is 7.42. The van der Waals surface area contributed by atoms with Crippen LogP contribution in [0, 0.1) is 0 Å². The molecule has 1 atom stereocenters. The molecule has 2 aromatic rings. The Hall–Kier alpha value is -1.92. The number of nitrogens with two attached hydrogens (primary N) is 1. The van der Waals surface area contributed by atoms with Gasteiger partial charge in [0.25, 0.3) is 5.91 Å². The van der Waals surface area contributed by atoms with E-state index in [2.05, 4.69) is 15.5 Å². The minimum atomic E-state index is -0.498. The van der Waals surface area contributed by atoms with Gasteiger partial charge < -0.3 is 15.6 Å². The van der Waals surface area contributed by atoms with Crippen molar-refractivity contribution in [3.05, 3.63) is 46.6 Å². The molecule has 1 saturated carbocycles. The lowest BCUT2D eigenvalue weighted by molar-refractivity contribution is 0.0932. The van der Waals surface area contributed by atoms with Crippen molar-refractivity contribution in [2.45, 2.75) is 44.2 Å². The van der Waals surface area contributed by atoms with Crippen molar-refractivity contribution in [2.75, 3.05) is 0 Å². The lowest BCUT2D eigenvalue weighted by atomic mass is 9.99. The van der Waals surface area contributed by atoms with Crippen molar-refractivity contribution < 1.29 is 9.32 Å². The van der Waals surface area contributed by atoms with Crippen LogP contribution in [0.5, 0.6) is 0 Å². The van der Waals surface area contributed by atoms with Gasteiger partial charge in [-0.1, -0.05) is 29.6 Å². The summed E-state index contributed by atoms with van der Waals surface area (Å²) in [6.07, 6.45) is 3.86. The van der Waals surface area contributed by atoms with E-state index in [1.807, 2.05) is 0 Å². The number of rotatable bonds is 4. The average molecular weight is 335 g/mol. The molecular formula is C16H19ClN4O2. The van der Waals surface area contributed by atoms with E-state index in [1.54, 1.807) is 31.2 Å². The summed E-state index contributed by atoms with van der Waals surface area (Å²) in [6, 6.07) is 6.27. The number of hydrogen-bond donors (Lipinski definition) is 2. The molecule has 3 rings (SSSR count). The van der Waals surface area contributed by atoms with Crippen LogP contribution in [0.15, 0.2) is 28.8 Å². The van der Waals surface area contributed by atoms with E-state index < -0.39 is 11.6 Å². The standard InChI is InChI=1S/C16H19ClN4O2/c1-10(19-13(22)11-4-6-12(17)7-5-11)14-20-15(21-23-14)16(18)8-2-3-9-16/h4-7,10H,2-3,8-9,18H2,1H3,(H,19,22). The molecule has 122 valence electrons. The van der Waals surface area contributed by atoms with Crippen LogP contribution in [0.3, 0.4) is 0 Å². The minimum absolute atomic E-state index is 0.225. The van der Waals surface area contributed by atoms with Crippen molar-refractivity contribution in [2.24, 2.45) is 5.73 Å². The second-order valence-electron chi connectivity index (χ2n) is 6.02. The third-order valence-corrected chi connectivity index (χ3v) is 4.46. The minimum Gasteiger partial charge on any atom is -0.341 e. The molecule has 1 aliphatic rings. The van der Waals surface area contributed by atoms with Crippen LogP contribution in [-0.2, 0) is 5.54 Å². The number of nitrogens with one attached hydrogen (secondary N) is 1. The van der Waals surface area contributed by atoms with Crippen LogP contribution in [0.25, 0.3) is 0 Å². The Balaban J connectivity index is 1.68. The van der Waals surface area contributed by atoms with E-state index in [9.17, 15) is 4.79 Å². The molecule has 1 aromatic heterocycles. The topological polar surface area (TPSA) is 94.0 Å². The Morgan fingerprint density at radius 3 is 2.65 bits per heavy atom. The molecule has 0 radical (unpaired) electrons. The second-order valence-corrected chi connectivity index (χ2v) is 6.46. The molecule has 7 heteroatoms. The predicted molar refractivity (Wildman–Crippen MR) is 86.0 cm³/mol. The van der Waals surface area contributed by atoms with E-state index in [-0.39, 0.29) is 5.91 Å². The summed E-state index contributed by atoms with van der Waals surface area (Å²) in [5.74, 6) is 0.661. The Kier molecular flexibility index (Phi) is 4.37. The summed E-state index contributed by atoms with van der Waals surface area (Å²) in [4.78, 5) is 16.6. The molecule has 1 unspecified atom stereocenters. The number of halogens is 1. The summed E-state index contributed by atoms with van der Waals surface area (Å²) in [6.45, 7) is 1.79. The van der Waals surface area contributed by atoms with Gasteiger partial charge in [-0.3, -0.25) is 4.79 Å². The van der Waals surface area contributed by atoms with Gasteiger partial charge in [0.2, 0.25) is 5.89 Å². The SMILES string of the molecule is CC(NC(=O)c1ccc(Cl)cc1)c1nc(C2(N)CCCC2)no1. The predicted octanol–water partition coefficient (Wildman–Crippen LogP) is 2.94. The highest BCUT2D eigenvalue weighted by atomic mass is 35.5. The van der Waals surface area contributed by atoms with Crippen molar-refractivity contribution in [1.82, 2.24) is 15.5 Å². The maximum absolute atomic E-state index is 12.2. The average Bonchev–Trinajstić information content (AvgIpc) is 3.17. The van der Waals surface area contributed by atoms with Gasteiger partial charge in [-0.05, 0) is 44.0 Å². The smallest absolute Gasteiger partial charge is 0.251 e. The first kappa shape index (κ1) is 16.0. The molecule has 23 heavy (non-hydrogen) atoms. The molecule has 0 aliphatic heterocycles. The highest BCUT2D eigenvalue weighted by Crippen LogP contribution is 2.34. The van der Waals surface area contributed by atoms with E-state index in [4.69, 9.17) is 21.9 Å². The number of hydrogen-bond acceptors (Lipinski definition) is 5. The summed E-state index contributed by atoms with van der Waals surface area (Å²) >= 11 is 5.82. The molecule has 1 amide bonds. The molecule has 0 bridgehead atoms. The number of carbonyl (C=O) groups excluding carboxylic acids is 1. The van der Waals surface area contributed by atoms with Crippen LogP contribution in [0.2, 0.25) is 5.02 Å². The Morgan fingerprint density at radius 1 is 1.35 bits per heavy atom. The van der Waals surface area contributed by atoms with Gasteiger partial charge in [0.15, 0.2) is 5.82 Å². The van der Waals surface area contributed by atoms with E-state index in [0.29, 0.717) is 22.3 Å². The first-order valence-electron chi connectivity index (χ1n) is 7.67. The molecule has 1 fully saturated rings. The zero-order valence-corrected chi connectivity index (χ0v) is 13.6. The summed E-state index contributed by atoms with van der Waals surface area (Å²) < 4.78 is 5.28. The fourth-order valence-electron chi connectivity index (χ4n) is 2.79. The van der Waals surface area contributed by atoms with Gasteiger partial charge >= 0.3 is 0 Å². The van der Waals surface area contributed by atoms with Crippen LogP contribution < -0.4 is 11.1 Å². The Morgan fingerprint density at radius 2 is 2.00 bits per heavy atom. The lowest BCUT2D eigenvalue weighted by Crippen LogP contribution is -2.34. The summed E-state index contributed by atoms with van der Waals surface area (Å²) in [7, 11) is 0. The molecule has 0 spiro atoms. The zero-order valence-electron chi connectivity index (χ0n) is 12.9. The van der Waals surface area contributed by atoms with Crippen LogP contribution in [0.4, 0.5) is 0 Å². The normalized spacial score (nSPS) is 17.9. The van der Waals surface area contributed by atoms with Crippen LogP contribution in [-0.4, -0.2) is 16.0 Å². The largest absolute Gasteiger partial charge is 0.341 e. The lowest BCUT2D eigenvalue weighted by Gasteiger charge is -2.17. The third-order valence-electron chi connectivity index (χ3n) is 4.21. The van der Waals surface area contributed by atoms with Gasteiger partial charge in [-0.2, -0.15) is 4.98 Å². The van der Waals surface area contributed by atoms with Gasteiger partial charge in [0.05, 0.1) is 5.54 Å². The monoisotopic (exact) mass is 334 g/mol. The Labute approximate surface area is 139 Å². The summed E-state index contributed by atoms with van der Waals surface area (Å²) in [5.41, 5.74) is 6.34. The fraction of sp³-hybridized carbons (Fsp3) is 0.438. The van der Waals surface area contributed by atoms with E-state index in [1.165, 1.54) is 0 Å². The van der Waals surface area contributed by atoms with Crippen LogP contribution in [0.1, 0.15) is 60.7 Å². The van der Waals surface area contributed by atoms with Gasteiger partial charge in [0.1, 0.15) is 6.04 Å². The quantitative estimate of drug-likeness (QED) is 0.896. The molecular weight excluding hydrogens is 316 g/mol. The number of aromatic nitrogens is 2. The van der Waals surface area contributed by atoms with Gasteiger partial charge in [0, 0.05) is 10.6 Å². The molecule has 1 aliphatic carbocycles. The first-order chi connectivity index (χ1) is 11.0. The van der Waals surface area contributed by atoms with Crippen molar-refractivity contribution in [3.63, 3.8) is 0 Å². The zero-order chi connectivity index (χ0) is 16.4. The molecule has 1 aromatic carbocycles. The number of nitrogens with zero attached hydrogens (tertiary/aromatic N) is 2. The number of amides is 1. The molecule has 3 N–H and O–H groups in total. The molecule has 0 saturated heterocycles. The molecule has 1 heterocycles. The highest BCUT2D eigenvalue weighted by Gasteiger charge is 2.36. The van der Waals surface area contributed by atoms with Gasteiger partial charge in [-0.15, -0.1) is 0 Å². The Bertz CT molecular complexity index is 692. The van der Waals surface area contributed by atoms with E-state index >= 15 is 0 Å². The maximum Gasteiger partial charge on any atom is 0.251 e. The number of carbonyl (C=O) groups is 1. The fourth-order valence-corrected chi connectivity index (χ4v) is 2.91. The van der Waals surface area contributed by atoms with Crippen molar-refractivity contribution in [3.8, 4) is 0 Å². The second kappa shape index (κ2) is 6.29. The number of benzene rings is 1. The van der Waals surface area contributed by atoms with Gasteiger partial charge in [-0.25, -0.2) is 0 Å². The third kappa shape index (κ3) is 3.38. The van der Waals surface area contributed by atoms with Crippen molar-refractivity contribution in [1.29, 1.82) is 0 Å². The molecule has 6 nitrogen and oxygen atoms in total. The van der Waals surface area contributed by atoms with Crippen molar-refractivity contribution >= 4 is 17.5 Å². The highest BCUT2D eigenvalue weighted by molar-refractivity contribution is 6.30. The maximum atomic E-state index is 12.2.